The summed E-state index contributed by atoms with van der Waals surface area (Å²) in [5.41, 5.74) is 4.09. The molecule has 0 fully saturated rings. The average Bonchev–Trinajstić information content (AvgIpc) is 3.05. The van der Waals surface area contributed by atoms with E-state index in [2.05, 4.69) is 10.1 Å². The Hall–Kier alpha value is -3.97. The molecule has 1 N–H and O–H groups in total. The fourth-order valence-electron chi connectivity index (χ4n) is 4.16. The Morgan fingerprint density at radius 2 is 1.88 bits per heavy atom. The van der Waals surface area contributed by atoms with Crippen LogP contribution in [0.15, 0.2) is 71.5 Å². The van der Waals surface area contributed by atoms with E-state index in [-0.39, 0.29) is 18.6 Å². The van der Waals surface area contributed by atoms with Crippen LogP contribution in [0.3, 0.4) is 0 Å². The number of hydrogen-bond acceptors (Lipinski definition) is 4. The zero-order valence-corrected chi connectivity index (χ0v) is 18.5. The quantitative estimate of drug-likeness (QED) is 0.418. The van der Waals surface area contributed by atoms with Crippen molar-refractivity contribution >= 4 is 39.4 Å². The molecule has 33 heavy (non-hydrogen) atoms. The number of pyridine rings is 1. The Labute approximate surface area is 193 Å². The van der Waals surface area contributed by atoms with Gasteiger partial charge in [-0.15, -0.1) is 0 Å². The lowest BCUT2D eigenvalue weighted by Crippen LogP contribution is -2.23. The number of nitrogens with zero attached hydrogens (tertiary/aromatic N) is 4. The van der Waals surface area contributed by atoms with Gasteiger partial charge >= 0.3 is 5.97 Å². The van der Waals surface area contributed by atoms with Crippen molar-refractivity contribution in [3.8, 4) is 11.3 Å². The summed E-state index contributed by atoms with van der Waals surface area (Å²) >= 11 is 6.25. The molecular weight excluding hydrogens is 440 g/mol. The smallest absolute Gasteiger partial charge is 0.323 e. The second-order valence-electron chi connectivity index (χ2n) is 7.81. The van der Waals surface area contributed by atoms with Crippen LogP contribution < -0.4 is 5.56 Å². The number of carbonyl (C=O) groups is 1. The second-order valence-corrected chi connectivity index (χ2v) is 8.25. The van der Waals surface area contributed by atoms with E-state index in [4.69, 9.17) is 11.6 Å². The van der Waals surface area contributed by atoms with Crippen molar-refractivity contribution in [2.45, 2.75) is 20.0 Å². The minimum Gasteiger partial charge on any atom is -0.480 e. The highest BCUT2D eigenvalue weighted by Crippen LogP contribution is 2.35. The fourth-order valence-corrected chi connectivity index (χ4v) is 4.33. The summed E-state index contributed by atoms with van der Waals surface area (Å²) in [5.74, 6) is -0.947. The van der Waals surface area contributed by atoms with Gasteiger partial charge in [0.15, 0.2) is 0 Å². The molecule has 2 aromatic carbocycles. The van der Waals surface area contributed by atoms with Gasteiger partial charge in [-0.3, -0.25) is 14.6 Å². The zero-order chi connectivity index (χ0) is 23.1. The molecule has 0 atom stereocenters. The van der Waals surface area contributed by atoms with Crippen LogP contribution in [0.5, 0.6) is 0 Å². The highest BCUT2D eigenvalue weighted by molar-refractivity contribution is 6.31. The number of aliphatic carboxylic acids is 1. The summed E-state index contributed by atoms with van der Waals surface area (Å²) in [6.45, 7) is 1.86. The van der Waals surface area contributed by atoms with Crippen LogP contribution in [0.1, 0.15) is 11.4 Å². The molecule has 0 amide bonds. The van der Waals surface area contributed by atoms with Gasteiger partial charge in [-0.05, 0) is 43.3 Å². The first-order valence-electron chi connectivity index (χ1n) is 10.3. The number of carboxylic acid groups (broad SMARTS) is 1. The van der Waals surface area contributed by atoms with Gasteiger partial charge in [-0.1, -0.05) is 35.9 Å². The number of rotatable bonds is 5. The first-order chi connectivity index (χ1) is 15.9. The van der Waals surface area contributed by atoms with Gasteiger partial charge in [-0.2, -0.15) is 5.10 Å². The Kier molecular flexibility index (Phi) is 5.18. The summed E-state index contributed by atoms with van der Waals surface area (Å²) in [5, 5.41) is 16.3. The second kappa shape index (κ2) is 8.18. The van der Waals surface area contributed by atoms with Crippen LogP contribution in [-0.4, -0.2) is 30.4 Å². The summed E-state index contributed by atoms with van der Waals surface area (Å²) in [6.07, 6.45) is 0. The lowest BCUT2D eigenvalue weighted by molar-refractivity contribution is -0.137. The first kappa shape index (κ1) is 20.9. The number of aromatic nitrogens is 4. The highest BCUT2D eigenvalue weighted by Gasteiger charge is 2.19. The Bertz CT molecular complexity index is 1600. The number of hydrogen-bond donors (Lipinski definition) is 1. The minimum absolute atomic E-state index is 0.190. The number of fused-ring (bicyclic) bond motifs is 2. The summed E-state index contributed by atoms with van der Waals surface area (Å²) < 4.78 is 3.09. The molecule has 0 saturated carbocycles. The molecule has 0 radical (unpaired) electrons. The molecular formula is C25H19ClN4O3. The largest absolute Gasteiger partial charge is 0.480 e. The van der Waals surface area contributed by atoms with Gasteiger partial charge in [0.1, 0.15) is 6.54 Å². The number of para-hydroxylation sites is 1. The van der Waals surface area contributed by atoms with E-state index in [0.29, 0.717) is 16.4 Å². The Morgan fingerprint density at radius 3 is 2.70 bits per heavy atom. The van der Waals surface area contributed by atoms with E-state index in [1.165, 1.54) is 10.7 Å². The molecule has 0 saturated heterocycles. The number of benzene rings is 2. The van der Waals surface area contributed by atoms with E-state index in [1.807, 2.05) is 43.3 Å². The molecule has 164 valence electrons. The summed E-state index contributed by atoms with van der Waals surface area (Å²) in [4.78, 5) is 28.7. The van der Waals surface area contributed by atoms with Gasteiger partial charge in [0.25, 0.3) is 5.56 Å². The Morgan fingerprint density at radius 1 is 1.06 bits per heavy atom. The topological polar surface area (TPSA) is 90.0 Å². The third kappa shape index (κ3) is 3.87. The van der Waals surface area contributed by atoms with Crippen LogP contribution in [0, 0.1) is 6.92 Å². The molecule has 0 spiro atoms. The lowest BCUT2D eigenvalue weighted by atomic mass is 10.1. The van der Waals surface area contributed by atoms with Crippen molar-refractivity contribution in [1.82, 2.24) is 19.3 Å². The third-order valence-corrected chi connectivity index (χ3v) is 5.90. The normalized spacial score (nSPS) is 11.3. The molecule has 0 unspecified atom stereocenters. The first-order valence-corrected chi connectivity index (χ1v) is 10.7. The van der Waals surface area contributed by atoms with E-state index in [9.17, 15) is 14.7 Å². The molecule has 0 aliphatic rings. The minimum atomic E-state index is -0.947. The summed E-state index contributed by atoms with van der Waals surface area (Å²) in [7, 11) is 0. The van der Waals surface area contributed by atoms with E-state index in [0.717, 1.165) is 33.1 Å². The van der Waals surface area contributed by atoms with Gasteiger partial charge in [0.05, 0.1) is 23.4 Å². The number of carboxylic acids is 1. The molecule has 0 bridgehead atoms. The maximum Gasteiger partial charge on any atom is 0.323 e. The van der Waals surface area contributed by atoms with Gasteiger partial charge in [0.2, 0.25) is 0 Å². The average molecular weight is 459 g/mol. The van der Waals surface area contributed by atoms with E-state index >= 15 is 0 Å². The molecule has 3 heterocycles. The zero-order valence-electron chi connectivity index (χ0n) is 17.7. The van der Waals surface area contributed by atoms with Gasteiger partial charge in [-0.25, -0.2) is 4.68 Å². The molecule has 0 aliphatic carbocycles. The molecule has 0 aliphatic heterocycles. The standard InChI is InChI=1S/C25H19ClN4O3/c1-15-25(19-12-17(26)7-10-22(19)29(15)14-24(32)33)21-9-11-23(31)30(28-21)13-18-8-6-16-4-2-3-5-20(16)27-18/h2-12H,13-14H2,1H3,(H,32,33). The van der Waals surface area contributed by atoms with Crippen molar-refractivity contribution in [3.63, 3.8) is 0 Å². The van der Waals surface area contributed by atoms with Gasteiger partial charge < -0.3 is 9.67 Å². The monoisotopic (exact) mass is 458 g/mol. The van der Waals surface area contributed by atoms with Crippen LogP contribution >= 0.6 is 11.6 Å². The van der Waals surface area contributed by atoms with Crippen molar-refractivity contribution in [2.24, 2.45) is 0 Å². The van der Waals surface area contributed by atoms with Crippen LogP contribution in [0.25, 0.3) is 33.1 Å². The molecule has 5 aromatic rings. The van der Waals surface area contributed by atoms with Crippen molar-refractivity contribution in [2.75, 3.05) is 0 Å². The molecule has 3 aromatic heterocycles. The fraction of sp³-hybridized carbons (Fsp3) is 0.120. The van der Waals surface area contributed by atoms with Gasteiger partial charge in [0, 0.05) is 38.6 Å². The van der Waals surface area contributed by atoms with Crippen LogP contribution in [0.2, 0.25) is 5.02 Å². The third-order valence-electron chi connectivity index (χ3n) is 5.67. The van der Waals surface area contributed by atoms with Crippen molar-refractivity contribution in [3.05, 3.63) is 93.5 Å². The Balaban J connectivity index is 1.63. The highest BCUT2D eigenvalue weighted by atomic mass is 35.5. The predicted molar refractivity (Wildman–Crippen MR) is 128 cm³/mol. The van der Waals surface area contributed by atoms with Crippen molar-refractivity contribution < 1.29 is 9.90 Å². The maximum atomic E-state index is 12.6. The molecule has 5 rings (SSSR count). The number of halogens is 1. The summed E-state index contributed by atoms with van der Waals surface area (Å²) in [6, 6.07) is 20.1. The van der Waals surface area contributed by atoms with E-state index in [1.54, 1.807) is 28.8 Å². The molecule has 7 nitrogen and oxygen atoms in total. The predicted octanol–water partition coefficient (Wildman–Crippen LogP) is 4.51. The lowest BCUT2D eigenvalue weighted by Gasteiger charge is -2.09. The van der Waals surface area contributed by atoms with E-state index < -0.39 is 5.97 Å². The van der Waals surface area contributed by atoms with Crippen LogP contribution in [-0.2, 0) is 17.9 Å². The van der Waals surface area contributed by atoms with Crippen LogP contribution in [0.4, 0.5) is 0 Å². The van der Waals surface area contributed by atoms with Crippen molar-refractivity contribution in [1.29, 1.82) is 0 Å². The molecule has 8 heteroatoms. The SMILES string of the molecule is Cc1c(-c2ccc(=O)n(Cc3ccc4ccccc4n3)n2)c2cc(Cl)ccc2n1CC(=O)O. The maximum absolute atomic E-state index is 12.6.